The average molecular weight is 316 g/mol. The topological polar surface area (TPSA) is 70.7 Å². The van der Waals surface area contributed by atoms with Crippen LogP contribution in [-0.4, -0.2) is 15.5 Å². The Labute approximate surface area is 140 Å². The maximum absolute atomic E-state index is 12.1. The first-order chi connectivity index (χ1) is 11.7. The Kier molecular flexibility index (Phi) is 4.68. The first-order valence-corrected chi connectivity index (χ1v) is 7.57. The number of nitriles is 1. The molecular weight excluding hydrogens is 300 g/mol. The molecule has 0 unspecified atom stereocenters. The van der Waals surface area contributed by atoms with Gasteiger partial charge in [-0.25, -0.2) is 4.98 Å². The molecule has 1 heterocycles. The monoisotopic (exact) mass is 316 g/mol. The normalized spacial score (nSPS) is 10.1. The Morgan fingerprint density at radius 3 is 2.71 bits per heavy atom. The highest BCUT2D eigenvalue weighted by Crippen LogP contribution is 2.10. The molecule has 5 heteroatoms. The number of amides is 1. The van der Waals surface area contributed by atoms with E-state index in [1.165, 1.54) is 0 Å². The van der Waals surface area contributed by atoms with Crippen molar-refractivity contribution in [2.75, 3.05) is 0 Å². The summed E-state index contributed by atoms with van der Waals surface area (Å²) in [5.74, 6) is -0.0484. The summed E-state index contributed by atoms with van der Waals surface area (Å²) in [7, 11) is 0. The number of aromatic nitrogens is 2. The smallest absolute Gasteiger partial charge is 0.224 e. The van der Waals surface area contributed by atoms with Crippen LogP contribution in [0.4, 0.5) is 0 Å². The van der Waals surface area contributed by atoms with E-state index in [2.05, 4.69) is 16.4 Å². The van der Waals surface area contributed by atoms with Gasteiger partial charge in [-0.1, -0.05) is 24.3 Å². The van der Waals surface area contributed by atoms with Crippen LogP contribution in [0.5, 0.6) is 0 Å². The quantitative estimate of drug-likeness (QED) is 0.786. The lowest BCUT2D eigenvalue weighted by Crippen LogP contribution is -2.24. The van der Waals surface area contributed by atoms with Crippen molar-refractivity contribution in [1.29, 1.82) is 5.26 Å². The Morgan fingerprint density at radius 2 is 2.00 bits per heavy atom. The van der Waals surface area contributed by atoms with Gasteiger partial charge in [0.15, 0.2) is 0 Å². The van der Waals surface area contributed by atoms with Crippen LogP contribution in [0.2, 0.25) is 0 Å². The lowest BCUT2D eigenvalue weighted by Gasteiger charge is -2.08. The summed E-state index contributed by atoms with van der Waals surface area (Å²) in [6.45, 7) is 0.470. The minimum Gasteiger partial charge on any atom is -0.352 e. The molecule has 0 saturated carbocycles. The van der Waals surface area contributed by atoms with E-state index in [-0.39, 0.29) is 5.91 Å². The number of rotatable bonds is 5. The van der Waals surface area contributed by atoms with Crippen LogP contribution < -0.4 is 5.32 Å². The van der Waals surface area contributed by atoms with Gasteiger partial charge in [-0.05, 0) is 35.4 Å². The van der Waals surface area contributed by atoms with Gasteiger partial charge in [0.1, 0.15) is 0 Å². The fraction of sp³-hybridized carbons (Fsp3) is 0.105. The SMILES string of the molecule is N#Cc1ccc(CC(=O)NCc2cccc(-n3ccnc3)c2)cc1. The van der Waals surface area contributed by atoms with Crippen LogP contribution >= 0.6 is 0 Å². The van der Waals surface area contributed by atoms with Crippen molar-refractivity contribution in [2.24, 2.45) is 0 Å². The lowest BCUT2D eigenvalue weighted by molar-refractivity contribution is -0.120. The summed E-state index contributed by atoms with van der Waals surface area (Å²) in [6.07, 6.45) is 5.64. The van der Waals surface area contributed by atoms with Gasteiger partial charge in [0.2, 0.25) is 5.91 Å². The maximum Gasteiger partial charge on any atom is 0.224 e. The third-order valence-corrected chi connectivity index (χ3v) is 3.65. The summed E-state index contributed by atoms with van der Waals surface area (Å²) in [6, 6.07) is 17.0. The molecule has 0 fully saturated rings. The van der Waals surface area contributed by atoms with Crippen LogP contribution in [0.3, 0.4) is 0 Å². The number of nitrogens with one attached hydrogen (secondary N) is 1. The number of carbonyl (C=O) groups excluding carboxylic acids is 1. The first kappa shape index (κ1) is 15.5. The van der Waals surface area contributed by atoms with Crippen LogP contribution in [0.25, 0.3) is 5.69 Å². The predicted octanol–water partition coefficient (Wildman–Crippen LogP) is 2.60. The van der Waals surface area contributed by atoms with Crippen LogP contribution in [0.1, 0.15) is 16.7 Å². The third kappa shape index (κ3) is 3.87. The van der Waals surface area contributed by atoms with Crippen molar-refractivity contribution in [3.63, 3.8) is 0 Å². The second-order valence-corrected chi connectivity index (χ2v) is 5.40. The fourth-order valence-corrected chi connectivity index (χ4v) is 2.38. The van der Waals surface area contributed by atoms with Crippen LogP contribution in [-0.2, 0) is 17.8 Å². The van der Waals surface area contributed by atoms with Crippen LogP contribution in [0.15, 0.2) is 67.3 Å². The standard InChI is InChI=1S/C19H16N4O/c20-12-16-6-4-15(5-7-16)11-19(24)22-13-17-2-1-3-18(10-17)23-9-8-21-14-23/h1-10,14H,11,13H2,(H,22,24). The summed E-state index contributed by atoms with van der Waals surface area (Å²) in [5, 5.41) is 11.7. The predicted molar refractivity (Wildman–Crippen MR) is 90.3 cm³/mol. The Hall–Kier alpha value is -3.39. The molecule has 118 valence electrons. The van der Waals surface area contributed by atoms with E-state index in [4.69, 9.17) is 5.26 Å². The van der Waals surface area contributed by atoms with Gasteiger partial charge >= 0.3 is 0 Å². The molecule has 3 rings (SSSR count). The minimum atomic E-state index is -0.0484. The van der Waals surface area contributed by atoms with Crippen molar-refractivity contribution in [2.45, 2.75) is 13.0 Å². The Bertz CT molecular complexity index is 861. The van der Waals surface area contributed by atoms with E-state index in [0.29, 0.717) is 18.5 Å². The highest BCUT2D eigenvalue weighted by Gasteiger charge is 2.04. The zero-order valence-corrected chi connectivity index (χ0v) is 13.0. The van der Waals surface area contributed by atoms with Gasteiger partial charge < -0.3 is 9.88 Å². The van der Waals surface area contributed by atoms with E-state index in [9.17, 15) is 4.79 Å². The molecule has 0 aliphatic rings. The molecular formula is C19H16N4O. The fourth-order valence-electron chi connectivity index (χ4n) is 2.38. The van der Waals surface area contributed by atoms with E-state index in [1.807, 2.05) is 35.0 Å². The average Bonchev–Trinajstić information content (AvgIpc) is 3.16. The van der Waals surface area contributed by atoms with Crippen molar-refractivity contribution >= 4 is 5.91 Å². The van der Waals surface area contributed by atoms with E-state index >= 15 is 0 Å². The summed E-state index contributed by atoms with van der Waals surface area (Å²) in [4.78, 5) is 16.1. The van der Waals surface area contributed by atoms with Crippen molar-refractivity contribution in [3.05, 3.63) is 83.9 Å². The third-order valence-electron chi connectivity index (χ3n) is 3.65. The lowest BCUT2D eigenvalue weighted by atomic mass is 10.1. The molecule has 0 aliphatic carbocycles. The first-order valence-electron chi connectivity index (χ1n) is 7.57. The molecule has 1 aromatic heterocycles. The Morgan fingerprint density at radius 1 is 1.17 bits per heavy atom. The van der Waals surface area contributed by atoms with Gasteiger partial charge in [0, 0.05) is 24.6 Å². The molecule has 24 heavy (non-hydrogen) atoms. The summed E-state index contributed by atoms with van der Waals surface area (Å²) in [5.41, 5.74) is 3.51. The number of carbonyl (C=O) groups is 1. The molecule has 0 bridgehead atoms. The van der Waals surface area contributed by atoms with Gasteiger partial charge in [-0.15, -0.1) is 0 Å². The summed E-state index contributed by atoms with van der Waals surface area (Å²) < 4.78 is 1.92. The summed E-state index contributed by atoms with van der Waals surface area (Å²) >= 11 is 0. The zero-order valence-electron chi connectivity index (χ0n) is 13.0. The number of imidazole rings is 1. The zero-order chi connectivity index (χ0) is 16.8. The second-order valence-electron chi connectivity index (χ2n) is 5.40. The molecule has 2 aromatic carbocycles. The number of benzene rings is 2. The van der Waals surface area contributed by atoms with E-state index in [0.717, 1.165) is 16.8 Å². The number of hydrogen-bond acceptors (Lipinski definition) is 3. The second kappa shape index (κ2) is 7.25. The Balaban J connectivity index is 1.58. The van der Waals surface area contributed by atoms with Gasteiger partial charge in [-0.2, -0.15) is 5.26 Å². The van der Waals surface area contributed by atoms with E-state index in [1.54, 1.807) is 36.8 Å². The van der Waals surface area contributed by atoms with Crippen molar-refractivity contribution in [3.8, 4) is 11.8 Å². The molecule has 0 saturated heterocycles. The maximum atomic E-state index is 12.1. The molecule has 0 radical (unpaired) electrons. The molecule has 1 N–H and O–H groups in total. The highest BCUT2D eigenvalue weighted by atomic mass is 16.1. The van der Waals surface area contributed by atoms with Crippen LogP contribution in [0, 0.1) is 11.3 Å². The van der Waals surface area contributed by atoms with Crippen molar-refractivity contribution < 1.29 is 4.79 Å². The van der Waals surface area contributed by atoms with Gasteiger partial charge in [-0.3, -0.25) is 4.79 Å². The molecule has 0 atom stereocenters. The number of hydrogen-bond donors (Lipinski definition) is 1. The molecule has 3 aromatic rings. The van der Waals surface area contributed by atoms with Gasteiger partial charge in [0.25, 0.3) is 0 Å². The van der Waals surface area contributed by atoms with E-state index < -0.39 is 0 Å². The molecule has 1 amide bonds. The molecule has 5 nitrogen and oxygen atoms in total. The van der Waals surface area contributed by atoms with Gasteiger partial charge in [0.05, 0.1) is 24.4 Å². The molecule has 0 spiro atoms. The largest absolute Gasteiger partial charge is 0.352 e. The van der Waals surface area contributed by atoms with Crippen molar-refractivity contribution in [1.82, 2.24) is 14.9 Å². The number of nitrogens with zero attached hydrogens (tertiary/aromatic N) is 3. The minimum absolute atomic E-state index is 0.0484. The molecule has 0 aliphatic heterocycles. The highest BCUT2D eigenvalue weighted by molar-refractivity contribution is 5.78.